The second-order valence-electron chi connectivity index (χ2n) is 3.51. The standard InChI is InChI=1S/C8H12F2N4OS/c1-3(2)4(11)6(15)12-8-14-13-7(16-8)5(9)10/h3-5H,11H2,1-2H3,(H,12,14,15)/t4-/m0/s1. The number of amides is 1. The van der Waals surface area contributed by atoms with E-state index in [9.17, 15) is 13.6 Å². The number of hydrogen-bond acceptors (Lipinski definition) is 5. The molecule has 0 aliphatic heterocycles. The normalized spacial score (nSPS) is 13.2. The number of nitrogens with two attached hydrogens (primary N) is 1. The lowest BCUT2D eigenvalue weighted by atomic mass is 10.1. The Bertz CT molecular complexity index is 369. The lowest BCUT2D eigenvalue weighted by molar-refractivity contribution is -0.118. The van der Waals surface area contributed by atoms with Crippen molar-refractivity contribution in [3.8, 4) is 0 Å². The van der Waals surface area contributed by atoms with Crippen LogP contribution in [0.25, 0.3) is 0 Å². The van der Waals surface area contributed by atoms with Crippen LogP contribution in [0.1, 0.15) is 25.3 Å². The largest absolute Gasteiger partial charge is 0.320 e. The molecule has 1 aromatic rings. The third-order valence-electron chi connectivity index (χ3n) is 1.88. The molecule has 0 fully saturated rings. The van der Waals surface area contributed by atoms with Crippen LogP contribution in [0.5, 0.6) is 0 Å². The van der Waals surface area contributed by atoms with Gasteiger partial charge in [0.1, 0.15) is 0 Å². The summed E-state index contributed by atoms with van der Waals surface area (Å²) in [6.07, 6.45) is -2.68. The van der Waals surface area contributed by atoms with Gasteiger partial charge in [-0.05, 0) is 5.92 Å². The smallest absolute Gasteiger partial charge is 0.291 e. The van der Waals surface area contributed by atoms with Crippen molar-refractivity contribution in [3.63, 3.8) is 0 Å². The van der Waals surface area contributed by atoms with Crippen LogP contribution >= 0.6 is 11.3 Å². The Labute approximate surface area is 95.1 Å². The maximum absolute atomic E-state index is 12.2. The number of halogens is 2. The molecule has 3 N–H and O–H groups in total. The average Bonchev–Trinajstić information content (AvgIpc) is 2.64. The molecule has 5 nitrogen and oxygen atoms in total. The summed E-state index contributed by atoms with van der Waals surface area (Å²) in [7, 11) is 0. The molecular formula is C8H12F2N4OS. The van der Waals surface area contributed by atoms with E-state index in [1.807, 2.05) is 0 Å². The zero-order valence-electron chi connectivity index (χ0n) is 8.78. The first-order chi connectivity index (χ1) is 7.41. The molecule has 8 heteroatoms. The van der Waals surface area contributed by atoms with Gasteiger partial charge in [-0.2, -0.15) is 0 Å². The molecule has 1 heterocycles. The van der Waals surface area contributed by atoms with Gasteiger partial charge < -0.3 is 5.73 Å². The predicted molar refractivity (Wildman–Crippen MR) is 56.3 cm³/mol. The molecule has 0 aliphatic carbocycles. The zero-order chi connectivity index (χ0) is 12.3. The summed E-state index contributed by atoms with van der Waals surface area (Å²) in [5, 5.41) is 8.62. The number of anilines is 1. The van der Waals surface area contributed by atoms with Crippen molar-refractivity contribution in [1.29, 1.82) is 0 Å². The van der Waals surface area contributed by atoms with E-state index in [-0.39, 0.29) is 11.0 Å². The summed E-state index contributed by atoms with van der Waals surface area (Å²) < 4.78 is 24.4. The molecule has 90 valence electrons. The van der Waals surface area contributed by atoms with Crippen molar-refractivity contribution in [2.75, 3.05) is 5.32 Å². The number of nitrogens with one attached hydrogen (secondary N) is 1. The third-order valence-corrected chi connectivity index (χ3v) is 2.72. The quantitative estimate of drug-likeness (QED) is 0.846. The number of aromatic nitrogens is 2. The summed E-state index contributed by atoms with van der Waals surface area (Å²) in [4.78, 5) is 11.4. The van der Waals surface area contributed by atoms with Gasteiger partial charge in [-0.25, -0.2) is 8.78 Å². The van der Waals surface area contributed by atoms with Crippen LogP contribution in [0.2, 0.25) is 0 Å². The highest BCUT2D eigenvalue weighted by Crippen LogP contribution is 2.25. The SMILES string of the molecule is CC(C)[C@H](N)C(=O)Nc1nnc(C(F)F)s1. The zero-order valence-corrected chi connectivity index (χ0v) is 9.59. The molecule has 1 amide bonds. The molecule has 0 radical (unpaired) electrons. The molecule has 16 heavy (non-hydrogen) atoms. The van der Waals surface area contributed by atoms with Gasteiger partial charge in [0, 0.05) is 0 Å². The molecule has 1 rings (SSSR count). The second kappa shape index (κ2) is 5.26. The molecule has 1 atom stereocenters. The Kier molecular flexibility index (Phi) is 4.25. The molecule has 0 unspecified atom stereocenters. The number of rotatable bonds is 4. The fraction of sp³-hybridized carbons (Fsp3) is 0.625. The highest BCUT2D eigenvalue weighted by molar-refractivity contribution is 7.15. The van der Waals surface area contributed by atoms with Crippen molar-refractivity contribution >= 4 is 22.4 Å². The minimum absolute atomic E-state index is 0.0383. The van der Waals surface area contributed by atoms with Crippen molar-refractivity contribution in [1.82, 2.24) is 10.2 Å². The summed E-state index contributed by atoms with van der Waals surface area (Å²) >= 11 is 0.639. The minimum atomic E-state index is -2.68. The lowest BCUT2D eigenvalue weighted by Gasteiger charge is -2.13. The Morgan fingerprint density at radius 1 is 1.44 bits per heavy atom. The van der Waals surface area contributed by atoms with Crippen LogP contribution < -0.4 is 11.1 Å². The van der Waals surface area contributed by atoms with Gasteiger partial charge in [0.2, 0.25) is 11.0 Å². The minimum Gasteiger partial charge on any atom is -0.320 e. The van der Waals surface area contributed by atoms with Gasteiger partial charge in [-0.3, -0.25) is 10.1 Å². The van der Waals surface area contributed by atoms with Crippen molar-refractivity contribution in [3.05, 3.63) is 5.01 Å². The first kappa shape index (κ1) is 12.9. The monoisotopic (exact) mass is 250 g/mol. The lowest BCUT2D eigenvalue weighted by Crippen LogP contribution is -2.39. The molecule has 0 bridgehead atoms. The molecule has 0 aromatic carbocycles. The van der Waals surface area contributed by atoms with Crippen LogP contribution in [0, 0.1) is 5.92 Å². The first-order valence-electron chi connectivity index (χ1n) is 4.59. The second-order valence-corrected chi connectivity index (χ2v) is 4.51. The van der Waals surface area contributed by atoms with E-state index in [1.54, 1.807) is 13.8 Å². The molecule has 0 aliphatic rings. The highest BCUT2D eigenvalue weighted by atomic mass is 32.1. The van der Waals surface area contributed by atoms with E-state index < -0.39 is 23.4 Å². The van der Waals surface area contributed by atoms with Gasteiger partial charge in [-0.15, -0.1) is 10.2 Å². The Hall–Kier alpha value is -1.15. The van der Waals surface area contributed by atoms with E-state index in [0.29, 0.717) is 11.3 Å². The van der Waals surface area contributed by atoms with Crippen LogP contribution in [-0.2, 0) is 4.79 Å². The van der Waals surface area contributed by atoms with Gasteiger partial charge in [0.15, 0.2) is 5.01 Å². The molecule has 0 spiro atoms. The van der Waals surface area contributed by atoms with Crippen LogP contribution in [0.4, 0.5) is 13.9 Å². The van der Waals surface area contributed by atoms with E-state index in [0.717, 1.165) is 0 Å². The number of carbonyl (C=O) groups excluding carboxylic acids is 1. The summed E-state index contributed by atoms with van der Waals surface area (Å²) in [6.45, 7) is 3.57. The van der Waals surface area contributed by atoms with Crippen LogP contribution in [0.3, 0.4) is 0 Å². The van der Waals surface area contributed by atoms with E-state index in [4.69, 9.17) is 5.73 Å². The molecule has 0 saturated carbocycles. The third kappa shape index (κ3) is 3.17. The van der Waals surface area contributed by atoms with Crippen molar-refractivity contribution < 1.29 is 13.6 Å². The van der Waals surface area contributed by atoms with Gasteiger partial charge in [0.25, 0.3) is 6.43 Å². The Morgan fingerprint density at radius 2 is 2.06 bits per heavy atom. The molecular weight excluding hydrogens is 238 g/mol. The van der Waals surface area contributed by atoms with Gasteiger partial charge in [-0.1, -0.05) is 25.2 Å². The fourth-order valence-corrected chi connectivity index (χ4v) is 1.47. The number of nitrogens with zero attached hydrogens (tertiary/aromatic N) is 2. The first-order valence-corrected chi connectivity index (χ1v) is 5.41. The van der Waals surface area contributed by atoms with E-state index in [1.165, 1.54) is 0 Å². The van der Waals surface area contributed by atoms with Gasteiger partial charge >= 0.3 is 0 Å². The maximum Gasteiger partial charge on any atom is 0.291 e. The average molecular weight is 250 g/mol. The topological polar surface area (TPSA) is 80.9 Å². The van der Waals surface area contributed by atoms with Crippen LogP contribution in [0.15, 0.2) is 0 Å². The predicted octanol–water partition coefficient (Wildman–Crippen LogP) is 1.40. The van der Waals surface area contributed by atoms with Crippen LogP contribution in [-0.4, -0.2) is 22.1 Å². The maximum atomic E-state index is 12.2. The van der Waals surface area contributed by atoms with E-state index >= 15 is 0 Å². The number of alkyl halides is 2. The number of carbonyl (C=O) groups is 1. The number of hydrogen-bond donors (Lipinski definition) is 2. The Balaban J connectivity index is 2.63. The Morgan fingerprint density at radius 3 is 2.50 bits per heavy atom. The summed E-state index contributed by atoms with van der Waals surface area (Å²) in [6, 6.07) is -0.695. The molecule has 0 saturated heterocycles. The highest BCUT2D eigenvalue weighted by Gasteiger charge is 2.20. The molecule has 1 aromatic heterocycles. The summed E-state index contributed by atoms with van der Waals surface area (Å²) in [5.74, 6) is -0.491. The summed E-state index contributed by atoms with van der Waals surface area (Å²) in [5.41, 5.74) is 5.57. The van der Waals surface area contributed by atoms with E-state index in [2.05, 4.69) is 15.5 Å². The fourth-order valence-electron chi connectivity index (χ4n) is 0.865. The van der Waals surface area contributed by atoms with Crippen molar-refractivity contribution in [2.24, 2.45) is 11.7 Å². The van der Waals surface area contributed by atoms with Gasteiger partial charge in [0.05, 0.1) is 6.04 Å². The van der Waals surface area contributed by atoms with Crippen molar-refractivity contribution in [2.45, 2.75) is 26.3 Å².